The minimum absolute atomic E-state index is 0.365. The smallest absolute Gasteiger partial charge is 0.0677 e. The average Bonchev–Trinajstić information content (AvgIpc) is 2.31. The normalized spacial score (nSPS) is 36.6. The van der Waals surface area contributed by atoms with Gasteiger partial charge in [0.05, 0.1) is 5.60 Å². The van der Waals surface area contributed by atoms with Gasteiger partial charge in [-0.3, -0.25) is 0 Å². The maximum atomic E-state index is 10.8. The molecular weight excluding hydrogens is 222 g/mol. The van der Waals surface area contributed by atoms with E-state index >= 15 is 0 Å². The molecular formula is C16H29NO. The Bertz CT molecular complexity index is 262. The van der Waals surface area contributed by atoms with Gasteiger partial charge in [-0.05, 0) is 52.0 Å². The maximum absolute atomic E-state index is 10.8. The third-order valence-corrected chi connectivity index (χ3v) is 5.01. The standard InChI is InChI=1S/C16H29NO/c1-3-4-5-6-7-11-16(18)12-14-9-8-10-15(13-16)17(14)2/h3,14-15,18H,1,4-13H2,2H3. The van der Waals surface area contributed by atoms with Gasteiger partial charge in [-0.15, -0.1) is 6.58 Å². The van der Waals surface area contributed by atoms with E-state index in [1.54, 1.807) is 0 Å². The molecule has 2 unspecified atom stereocenters. The highest BCUT2D eigenvalue weighted by molar-refractivity contribution is 4.98. The lowest BCUT2D eigenvalue weighted by Crippen LogP contribution is -2.56. The van der Waals surface area contributed by atoms with Gasteiger partial charge in [-0.25, -0.2) is 0 Å². The lowest BCUT2D eigenvalue weighted by atomic mass is 9.74. The lowest BCUT2D eigenvalue weighted by molar-refractivity contribution is -0.0878. The minimum atomic E-state index is -0.365. The number of unbranched alkanes of at least 4 members (excludes halogenated alkanes) is 3. The summed E-state index contributed by atoms with van der Waals surface area (Å²) in [6.07, 6.45) is 13.7. The van der Waals surface area contributed by atoms with E-state index in [4.69, 9.17) is 0 Å². The summed E-state index contributed by atoms with van der Waals surface area (Å²) in [4.78, 5) is 2.52. The molecule has 0 radical (unpaired) electrons. The van der Waals surface area contributed by atoms with Crippen LogP contribution in [0.5, 0.6) is 0 Å². The van der Waals surface area contributed by atoms with Crippen LogP contribution in [0.4, 0.5) is 0 Å². The second-order valence-electron chi connectivity index (χ2n) is 6.42. The van der Waals surface area contributed by atoms with Crippen LogP contribution in [0.3, 0.4) is 0 Å². The van der Waals surface area contributed by atoms with Crippen LogP contribution in [0.25, 0.3) is 0 Å². The van der Waals surface area contributed by atoms with Gasteiger partial charge in [0.1, 0.15) is 0 Å². The average molecular weight is 251 g/mol. The molecule has 2 heteroatoms. The quantitative estimate of drug-likeness (QED) is 0.577. The van der Waals surface area contributed by atoms with Gasteiger partial charge in [0.2, 0.25) is 0 Å². The second kappa shape index (κ2) is 6.21. The summed E-state index contributed by atoms with van der Waals surface area (Å²) in [5.74, 6) is 0. The molecule has 0 aromatic heterocycles. The number of allylic oxidation sites excluding steroid dienone is 1. The number of nitrogens with zero attached hydrogens (tertiary/aromatic N) is 1. The van der Waals surface area contributed by atoms with E-state index in [9.17, 15) is 5.11 Å². The van der Waals surface area contributed by atoms with Gasteiger partial charge >= 0.3 is 0 Å². The van der Waals surface area contributed by atoms with Crippen molar-refractivity contribution in [2.75, 3.05) is 7.05 Å². The number of hydrogen-bond donors (Lipinski definition) is 1. The first-order valence-corrected chi connectivity index (χ1v) is 7.70. The summed E-state index contributed by atoms with van der Waals surface area (Å²) < 4.78 is 0. The van der Waals surface area contributed by atoms with Gasteiger partial charge in [-0.2, -0.15) is 0 Å². The first kappa shape index (κ1) is 14.1. The van der Waals surface area contributed by atoms with E-state index in [-0.39, 0.29) is 5.60 Å². The highest BCUT2D eigenvalue weighted by Crippen LogP contribution is 2.40. The van der Waals surface area contributed by atoms with Crippen LogP contribution in [0.1, 0.15) is 64.2 Å². The number of fused-ring (bicyclic) bond motifs is 2. The van der Waals surface area contributed by atoms with Crippen LogP contribution in [-0.4, -0.2) is 34.7 Å². The molecule has 2 nitrogen and oxygen atoms in total. The largest absolute Gasteiger partial charge is 0.390 e. The van der Waals surface area contributed by atoms with Crippen LogP contribution >= 0.6 is 0 Å². The second-order valence-corrected chi connectivity index (χ2v) is 6.42. The molecule has 2 aliphatic heterocycles. The van der Waals surface area contributed by atoms with Crippen molar-refractivity contribution in [1.82, 2.24) is 4.90 Å². The van der Waals surface area contributed by atoms with Gasteiger partial charge in [0.25, 0.3) is 0 Å². The van der Waals surface area contributed by atoms with Crippen molar-refractivity contribution in [3.05, 3.63) is 12.7 Å². The summed E-state index contributed by atoms with van der Waals surface area (Å²) in [5.41, 5.74) is -0.365. The summed E-state index contributed by atoms with van der Waals surface area (Å²) in [6, 6.07) is 1.27. The molecule has 0 aromatic rings. The molecule has 1 N–H and O–H groups in total. The van der Waals surface area contributed by atoms with E-state index in [2.05, 4.69) is 18.5 Å². The van der Waals surface area contributed by atoms with E-state index in [1.807, 2.05) is 6.08 Å². The molecule has 2 rings (SSSR count). The van der Waals surface area contributed by atoms with Crippen LogP contribution in [-0.2, 0) is 0 Å². The van der Waals surface area contributed by atoms with Crippen LogP contribution in [0.2, 0.25) is 0 Å². The molecule has 2 fully saturated rings. The maximum Gasteiger partial charge on any atom is 0.0677 e. The number of hydrogen-bond acceptors (Lipinski definition) is 2. The molecule has 0 saturated carbocycles. The van der Waals surface area contributed by atoms with Crippen molar-refractivity contribution in [2.24, 2.45) is 0 Å². The number of rotatable bonds is 6. The molecule has 0 amide bonds. The van der Waals surface area contributed by atoms with Crippen molar-refractivity contribution >= 4 is 0 Å². The fraction of sp³-hybridized carbons (Fsp3) is 0.875. The third-order valence-electron chi connectivity index (χ3n) is 5.01. The highest BCUT2D eigenvalue weighted by Gasteiger charge is 2.43. The Balaban J connectivity index is 1.78. The first-order valence-electron chi connectivity index (χ1n) is 7.70. The fourth-order valence-corrected chi connectivity index (χ4v) is 3.87. The van der Waals surface area contributed by atoms with E-state index < -0.39 is 0 Å². The van der Waals surface area contributed by atoms with Gasteiger partial charge < -0.3 is 10.0 Å². The number of aliphatic hydroxyl groups is 1. The molecule has 18 heavy (non-hydrogen) atoms. The number of piperidine rings is 2. The SMILES string of the molecule is C=CCCCCCC1(O)CC2CCCC(C1)N2C. The summed E-state index contributed by atoms with van der Waals surface area (Å²) >= 11 is 0. The van der Waals surface area contributed by atoms with Crippen molar-refractivity contribution < 1.29 is 5.11 Å². The first-order chi connectivity index (χ1) is 8.64. The Morgan fingerprint density at radius 1 is 1.22 bits per heavy atom. The summed E-state index contributed by atoms with van der Waals surface area (Å²) in [6.45, 7) is 3.75. The van der Waals surface area contributed by atoms with Crippen molar-refractivity contribution in [3.8, 4) is 0 Å². The minimum Gasteiger partial charge on any atom is -0.390 e. The summed E-state index contributed by atoms with van der Waals surface area (Å²) in [5, 5.41) is 10.8. The molecule has 2 heterocycles. The zero-order valence-electron chi connectivity index (χ0n) is 11.9. The van der Waals surface area contributed by atoms with Crippen LogP contribution in [0, 0.1) is 0 Å². The zero-order valence-corrected chi connectivity index (χ0v) is 11.9. The Morgan fingerprint density at radius 2 is 1.89 bits per heavy atom. The van der Waals surface area contributed by atoms with Gasteiger partial charge in [-0.1, -0.05) is 25.3 Å². The zero-order chi connectivity index (χ0) is 13.0. The molecule has 104 valence electrons. The summed E-state index contributed by atoms with van der Waals surface area (Å²) in [7, 11) is 2.25. The highest BCUT2D eigenvalue weighted by atomic mass is 16.3. The van der Waals surface area contributed by atoms with Crippen LogP contribution < -0.4 is 0 Å². The monoisotopic (exact) mass is 251 g/mol. The van der Waals surface area contributed by atoms with Gasteiger partial charge in [0.15, 0.2) is 0 Å². The van der Waals surface area contributed by atoms with Crippen molar-refractivity contribution in [1.29, 1.82) is 0 Å². The lowest BCUT2D eigenvalue weighted by Gasteiger charge is -2.50. The molecule has 0 spiro atoms. The predicted octanol–water partition coefficient (Wildman–Crippen LogP) is 3.50. The fourth-order valence-electron chi connectivity index (χ4n) is 3.87. The van der Waals surface area contributed by atoms with Crippen molar-refractivity contribution in [2.45, 2.75) is 81.9 Å². The molecule has 2 bridgehead atoms. The predicted molar refractivity (Wildman–Crippen MR) is 76.7 cm³/mol. The molecule has 0 aliphatic carbocycles. The Kier molecular flexibility index (Phi) is 4.85. The molecule has 2 saturated heterocycles. The third kappa shape index (κ3) is 3.36. The molecule has 0 aromatic carbocycles. The van der Waals surface area contributed by atoms with Crippen molar-refractivity contribution in [3.63, 3.8) is 0 Å². The van der Waals surface area contributed by atoms with Crippen LogP contribution in [0.15, 0.2) is 12.7 Å². The topological polar surface area (TPSA) is 23.5 Å². The Labute approximate surface area is 112 Å². The Hall–Kier alpha value is -0.340. The molecule has 2 atom stereocenters. The van der Waals surface area contributed by atoms with E-state index in [0.717, 1.165) is 25.7 Å². The molecule has 2 aliphatic rings. The van der Waals surface area contributed by atoms with E-state index in [1.165, 1.54) is 38.5 Å². The van der Waals surface area contributed by atoms with E-state index in [0.29, 0.717) is 12.1 Å². The van der Waals surface area contributed by atoms with Gasteiger partial charge in [0, 0.05) is 12.1 Å². The Morgan fingerprint density at radius 3 is 2.50 bits per heavy atom.